The second-order valence-corrected chi connectivity index (χ2v) is 5.38. The number of rotatable bonds is 3. The third-order valence-corrected chi connectivity index (χ3v) is 3.53. The van der Waals surface area contributed by atoms with E-state index in [2.05, 4.69) is 21.2 Å². The molecule has 0 amide bonds. The zero-order chi connectivity index (χ0) is 14.0. The number of nitrogens with one attached hydrogen (secondary N) is 1. The molecule has 19 heavy (non-hydrogen) atoms. The van der Waals surface area contributed by atoms with Gasteiger partial charge in [-0.1, -0.05) is 29.8 Å². The van der Waals surface area contributed by atoms with Crippen LogP contribution in [-0.4, -0.2) is 0 Å². The lowest BCUT2D eigenvalue weighted by atomic mass is 10.1. The van der Waals surface area contributed by atoms with Gasteiger partial charge in [0.05, 0.1) is 10.2 Å². The van der Waals surface area contributed by atoms with E-state index in [1.54, 1.807) is 0 Å². The first-order valence-corrected chi connectivity index (χ1v) is 6.74. The lowest BCUT2D eigenvalue weighted by molar-refractivity contribution is 0.595. The van der Waals surface area contributed by atoms with Crippen molar-refractivity contribution in [3.8, 4) is 0 Å². The molecule has 0 bridgehead atoms. The van der Waals surface area contributed by atoms with Gasteiger partial charge in [0.2, 0.25) is 0 Å². The quantitative estimate of drug-likeness (QED) is 0.764. The molecule has 0 radical (unpaired) electrons. The standard InChI is InChI=1S/C15H14BrF2N/c1-9-4-3-5-11(6-9)10(2)19-15-8-13(17)12(16)7-14(15)18/h3-8,10,19H,1-2H3. The van der Waals surface area contributed by atoms with Crippen LogP contribution in [0.4, 0.5) is 14.5 Å². The number of anilines is 1. The molecule has 0 heterocycles. The molecule has 0 aromatic heterocycles. The van der Waals surface area contributed by atoms with Gasteiger partial charge in [0.1, 0.15) is 11.6 Å². The van der Waals surface area contributed by atoms with Gasteiger partial charge < -0.3 is 5.32 Å². The Bertz CT molecular complexity index is 599. The van der Waals surface area contributed by atoms with Crippen molar-refractivity contribution in [2.24, 2.45) is 0 Å². The summed E-state index contributed by atoms with van der Waals surface area (Å²) in [7, 11) is 0. The Labute approximate surface area is 119 Å². The lowest BCUT2D eigenvalue weighted by Crippen LogP contribution is -2.08. The zero-order valence-electron chi connectivity index (χ0n) is 10.7. The van der Waals surface area contributed by atoms with Gasteiger partial charge in [-0.3, -0.25) is 0 Å². The van der Waals surface area contributed by atoms with Crippen molar-refractivity contribution in [3.63, 3.8) is 0 Å². The molecule has 0 saturated heterocycles. The van der Waals surface area contributed by atoms with Gasteiger partial charge in [-0.15, -0.1) is 0 Å². The Morgan fingerprint density at radius 3 is 2.53 bits per heavy atom. The largest absolute Gasteiger partial charge is 0.376 e. The average Bonchev–Trinajstić information content (AvgIpc) is 2.36. The molecular weight excluding hydrogens is 312 g/mol. The van der Waals surface area contributed by atoms with Crippen LogP contribution in [0, 0.1) is 18.6 Å². The lowest BCUT2D eigenvalue weighted by Gasteiger charge is -2.17. The SMILES string of the molecule is Cc1cccc(C(C)Nc2cc(F)c(Br)cc2F)c1. The second-order valence-electron chi connectivity index (χ2n) is 4.53. The second kappa shape index (κ2) is 5.70. The fraction of sp³-hybridized carbons (Fsp3) is 0.200. The van der Waals surface area contributed by atoms with Gasteiger partial charge in [-0.25, -0.2) is 8.78 Å². The van der Waals surface area contributed by atoms with E-state index in [1.807, 2.05) is 38.1 Å². The molecule has 2 aromatic rings. The maximum atomic E-state index is 13.7. The van der Waals surface area contributed by atoms with E-state index in [0.29, 0.717) is 0 Å². The van der Waals surface area contributed by atoms with E-state index < -0.39 is 11.6 Å². The van der Waals surface area contributed by atoms with Crippen LogP contribution in [0.1, 0.15) is 24.1 Å². The van der Waals surface area contributed by atoms with Crippen LogP contribution in [0.5, 0.6) is 0 Å². The maximum Gasteiger partial charge on any atom is 0.147 e. The molecule has 0 saturated carbocycles. The minimum Gasteiger partial charge on any atom is -0.376 e. The highest BCUT2D eigenvalue weighted by Gasteiger charge is 2.11. The molecule has 1 nitrogen and oxygen atoms in total. The van der Waals surface area contributed by atoms with Gasteiger partial charge in [0, 0.05) is 12.1 Å². The molecule has 1 atom stereocenters. The molecule has 2 aromatic carbocycles. The van der Waals surface area contributed by atoms with Crippen molar-refractivity contribution in [1.29, 1.82) is 0 Å². The summed E-state index contributed by atoms with van der Waals surface area (Å²) >= 11 is 2.96. The Hall–Kier alpha value is -1.42. The van der Waals surface area contributed by atoms with Crippen LogP contribution >= 0.6 is 15.9 Å². The fourth-order valence-electron chi connectivity index (χ4n) is 1.89. The molecule has 0 aliphatic rings. The summed E-state index contributed by atoms with van der Waals surface area (Å²) in [5, 5.41) is 2.99. The van der Waals surface area contributed by atoms with Crippen LogP contribution in [0.15, 0.2) is 40.9 Å². The summed E-state index contributed by atoms with van der Waals surface area (Å²) in [4.78, 5) is 0. The highest BCUT2D eigenvalue weighted by Crippen LogP contribution is 2.26. The molecule has 1 N–H and O–H groups in total. The number of benzene rings is 2. The molecule has 4 heteroatoms. The zero-order valence-corrected chi connectivity index (χ0v) is 12.3. The van der Waals surface area contributed by atoms with Crippen molar-refractivity contribution in [2.75, 3.05) is 5.32 Å². The Morgan fingerprint density at radius 2 is 1.84 bits per heavy atom. The minimum atomic E-state index is -0.486. The summed E-state index contributed by atoms with van der Waals surface area (Å²) in [6, 6.07) is 10.1. The molecular formula is C15H14BrF2N. The third-order valence-electron chi connectivity index (χ3n) is 2.92. The molecule has 100 valence electrons. The molecule has 0 spiro atoms. The summed E-state index contributed by atoms with van der Waals surface area (Å²) in [5.74, 6) is -0.965. The van der Waals surface area contributed by atoms with Crippen molar-refractivity contribution in [3.05, 3.63) is 63.6 Å². The number of hydrogen-bond acceptors (Lipinski definition) is 1. The first-order valence-electron chi connectivity index (χ1n) is 5.95. The van der Waals surface area contributed by atoms with Gasteiger partial charge in [-0.2, -0.15) is 0 Å². The summed E-state index contributed by atoms with van der Waals surface area (Å²) in [6.07, 6.45) is 0. The van der Waals surface area contributed by atoms with E-state index in [0.717, 1.165) is 23.3 Å². The average molecular weight is 326 g/mol. The van der Waals surface area contributed by atoms with E-state index in [-0.39, 0.29) is 16.2 Å². The molecule has 0 fully saturated rings. The summed E-state index contributed by atoms with van der Waals surface area (Å²) in [5.41, 5.74) is 2.33. The van der Waals surface area contributed by atoms with Gasteiger partial charge >= 0.3 is 0 Å². The van der Waals surface area contributed by atoms with Crippen LogP contribution in [0.25, 0.3) is 0 Å². The first kappa shape index (κ1) is 14.0. The predicted molar refractivity (Wildman–Crippen MR) is 77.3 cm³/mol. The van der Waals surface area contributed by atoms with Crippen molar-refractivity contribution < 1.29 is 8.78 Å². The normalized spacial score (nSPS) is 12.3. The highest BCUT2D eigenvalue weighted by atomic mass is 79.9. The maximum absolute atomic E-state index is 13.7. The first-order chi connectivity index (χ1) is 8.97. The van der Waals surface area contributed by atoms with Crippen LogP contribution < -0.4 is 5.32 Å². The van der Waals surface area contributed by atoms with Gasteiger partial charge in [0.25, 0.3) is 0 Å². The Morgan fingerprint density at radius 1 is 1.11 bits per heavy atom. The molecule has 1 unspecified atom stereocenters. The van der Waals surface area contributed by atoms with Gasteiger partial charge in [-0.05, 0) is 41.4 Å². The number of hydrogen-bond donors (Lipinski definition) is 1. The highest BCUT2D eigenvalue weighted by molar-refractivity contribution is 9.10. The fourth-order valence-corrected chi connectivity index (χ4v) is 2.20. The van der Waals surface area contributed by atoms with E-state index in [1.165, 1.54) is 0 Å². The summed E-state index contributed by atoms with van der Waals surface area (Å²) < 4.78 is 27.3. The monoisotopic (exact) mass is 325 g/mol. The smallest absolute Gasteiger partial charge is 0.147 e. The molecule has 0 aliphatic heterocycles. The summed E-state index contributed by atoms with van der Waals surface area (Å²) in [6.45, 7) is 3.91. The van der Waals surface area contributed by atoms with Crippen LogP contribution in [0.2, 0.25) is 0 Å². The van der Waals surface area contributed by atoms with Crippen LogP contribution in [0.3, 0.4) is 0 Å². The van der Waals surface area contributed by atoms with Crippen LogP contribution in [-0.2, 0) is 0 Å². The molecule has 0 aliphatic carbocycles. The topological polar surface area (TPSA) is 12.0 Å². The van der Waals surface area contributed by atoms with Gasteiger partial charge in [0.15, 0.2) is 0 Å². The van der Waals surface area contributed by atoms with E-state index in [4.69, 9.17) is 0 Å². The van der Waals surface area contributed by atoms with Crippen molar-refractivity contribution in [1.82, 2.24) is 0 Å². The van der Waals surface area contributed by atoms with E-state index in [9.17, 15) is 8.78 Å². The van der Waals surface area contributed by atoms with Crippen molar-refractivity contribution >= 4 is 21.6 Å². The van der Waals surface area contributed by atoms with Crippen molar-refractivity contribution in [2.45, 2.75) is 19.9 Å². The predicted octanol–water partition coefficient (Wildman–Crippen LogP) is 5.21. The number of halogens is 3. The molecule has 2 rings (SSSR count). The Balaban J connectivity index is 2.24. The number of aryl methyl sites for hydroxylation is 1. The Kier molecular flexibility index (Phi) is 4.20. The third kappa shape index (κ3) is 3.32. The van der Waals surface area contributed by atoms with E-state index >= 15 is 0 Å². The minimum absolute atomic E-state index is 0.102.